The van der Waals surface area contributed by atoms with Gasteiger partial charge in [-0.15, -0.1) is 0 Å². The third-order valence-corrected chi connectivity index (χ3v) is 3.64. The second-order valence-electron chi connectivity index (χ2n) is 3.98. The largest absolute Gasteiger partial charge is 0.490 e. The third kappa shape index (κ3) is 2.81. The summed E-state index contributed by atoms with van der Waals surface area (Å²) < 4.78 is 11.0. The molecule has 0 spiro atoms. The Kier molecular flexibility index (Phi) is 4.27. The van der Waals surface area contributed by atoms with E-state index in [1.807, 2.05) is 30.3 Å². The van der Waals surface area contributed by atoms with Crippen LogP contribution in [0.1, 0.15) is 11.1 Å². The molecule has 0 aliphatic carbocycles. The molecule has 0 amide bonds. The number of hydrogen-bond donors (Lipinski definition) is 1. The van der Waals surface area contributed by atoms with E-state index in [0.717, 1.165) is 5.56 Å². The number of benzene rings is 1. The molecule has 5 heteroatoms. The summed E-state index contributed by atoms with van der Waals surface area (Å²) in [6, 6.07) is 9.78. The zero-order valence-corrected chi connectivity index (χ0v) is 12.3. The van der Waals surface area contributed by atoms with E-state index in [0.29, 0.717) is 28.1 Å². The number of methoxy groups -OCH3 is 2. The molecule has 0 unspecified atom stereocenters. The molecule has 0 atom stereocenters. The SMILES string of the molecule is COc1[nH]c(=O)c(Cc2ccccc2)c(Br)c1OC. The summed E-state index contributed by atoms with van der Waals surface area (Å²) in [6.45, 7) is 0. The Bertz CT molecular complexity index is 623. The van der Waals surface area contributed by atoms with Gasteiger partial charge < -0.3 is 9.47 Å². The topological polar surface area (TPSA) is 51.3 Å². The molecule has 1 N–H and O–H groups in total. The summed E-state index contributed by atoms with van der Waals surface area (Å²) >= 11 is 3.42. The van der Waals surface area contributed by atoms with Gasteiger partial charge in [-0.25, -0.2) is 0 Å². The third-order valence-electron chi connectivity index (χ3n) is 2.80. The van der Waals surface area contributed by atoms with Gasteiger partial charge in [-0.2, -0.15) is 0 Å². The molecule has 2 aromatic rings. The second-order valence-corrected chi connectivity index (χ2v) is 4.77. The van der Waals surface area contributed by atoms with E-state index in [4.69, 9.17) is 9.47 Å². The summed E-state index contributed by atoms with van der Waals surface area (Å²) in [5.74, 6) is 0.809. The van der Waals surface area contributed by atoms with Crippen molar-refractivity contribution >= 4 is 15.9 Å². The summed E-state index contributed by atoms with van der Waals surface area (Å²) in [5, 5.41) is 0. The monoisotopic (exact) mass is 323 g/mol. The predicted molar refractivity (Wildman–Crippen MR) is 77.1 cm³/mol. The standard InChI is InChI=1S/C14H14BrNO3/c1-18-12-11(15)10(13(17)16-14(12)19-2)8-9-6-4-3-5-7-9/h3-7H,8H2,1-2H3,(H,16,17). The van der Waals surface area contributed by atoms with Crippen LogP contribution < -0.4 is 15.0 Å². The normalized spacial score (nSPS) is 10.3. The number of nitrogens with one attached hydrogen (secondary N) is 1. The van der Waals surface area contributed by atoms with Crippen LogP contribution in [-0.4, -0.2) is 19.2 Å². The van der Waals surface area contributed by atoms with Crippen molar-refractivity contribution in [3.05, 3.63) is 56.3 Å². The van der Waals surface area contributed by atoms with Crippen molar-refractivity contribution in [2.45, 2.75) is 6.42 Å². The maximum absolute atomic E-state index is 12.1. The first kappa shape index (κ1) is 13.7. The van der Waals surface area contributed by atoms with Gasteiger partial charge in [0, 0.05) is 12.0 Å². The minimum absolute atomic E-state index is 0.187. The Morgan fingerprint density at radius 1 is 1.16 bits per heavy atom. The van der Waals surface area contributed by atoms with Gasteiger partial charge in [0.05, 0.1) is 18.7 Å². The number of H-pyrrole nitrogens is 1. The van der Waals surface area contributed by atoms with Crippen LogP contribution in [0.2, 0.25) is 0 Å². The molecular formula is C14H14BrNO3. The van der Waals surface area contributed by atoms with Crippen LogP contribution >= 0.6 is 15.9 Å². The maximum Gasteiger partial charge on any atom is 0.255 e. The first-order valence-corrected chi connectivity index (χ1v) is 6.53. The highest BCUT2D eigenvalue weighted by molar-refractivity contribution is 9.10. The van der Waals surface area contributed by atoms with E-state index in [1.165, 1.54) is 14.2 Å². The summed E-state index contributed by atoms with van der Waals surface area (Å²) in [7, 11) is 3.02. The molecule has 1 aromatic heterocycles. The van der Waals surface area contributed by atoms with Crippen LogP contribution in [0.15, 0.2) is 39.6 Å². The molecular weight excluding hydrogens is 310 g/mol. The van der Waals surface area contributed by atoms with Gasteiger partial charge in [0.25, 0.3) is 5.56 Å². The molecule has 1 heterocycles. The van der Waals surface area contributed by atoms with Crippen LogP contribution in [0.4, 0.5) is 0 Å². The Hall–Kier alpha value is -1.75. The summed E-state index contributed by atoms with van der Waals surface area (Å²) in [4.78, 5) is 14.7. The Morgan fingerprint density at radius 2 is 1.84 bits per heavy atom. The fourth-order valence-electron chi connectivity index (χ4n) is 1.86. The lowest BCUT2D eigenvalue weighted by molar-refractivity contribution is 0.339. The van der Waals surface area contributed by atoms with Crippen LogP contribution in [0.3, 0.4) is 0 Å². The number of hydrogen-bond acceptors (Lipinski definition) is 3. The van der Waals surface area contributed by atoms with E-state index < -0.39 is 0 Å². The van der Waals surface area contributed by atoms with E-state index >= 15 is 0 Å². The fourth-order valence-corrected chi connectivity index (χ4v) is 2.52. The maximum atomic E-state index is 12.1. The van der Waals surface area contributed by atoms with E-state index in [2.05, 4.69) is 20.9 Å². The zero-order valence-electron chi connectivity index (χ0n) is 10.7. The fraction of sp³-hybridized carbons (Fsp3) is 0.214. The molecule has 0 saturated heterocycles. The predicted octanol–water partition coefficient (Wildman–Crippen LogP) is 2.75. The highest BCUT2D eigenvalue weighted by Gasteiger charge is 2.17. The molecule has 0 fully saturated rings. The number of aromatic amines is 1. The molecule has 0 radical (unpaired) electrons. The van der Waals surface area contributed by atoms with Gasteiger partial charge in [-0.05, 0) is 21.5 Å². The second kappa shape index (κ2) is 5.93. The van der Waals surface area contributed by atoms with Crippen LogP contribution in [-0.2, 0) is 6.42 Å². The highest BCUT2D eigenvalue weighted by Crippen LogP contribution is 2.34. The Balaban J connectivity index is 2.49. The molecule has 100 valence electrons. The van der Waals surface area contributed by atoms with Crippen LogP contribution in [0, 0.1) is 0 Å². The van der Waals surface area contributed by atoms with Gasteiger partial charge in [-0.3, -0.25) is 9.78 Å². The quantitative estimate of drug-likeness (QED) is 0.941. The molecule has 0 saturated carbocycles. The molecule has 0 aliphatic heterocycles. The Morgan fingerprint density at radius 3 is 2.42 bits per heavy atom. The summed E-state index contributed by atoms with van der Waals surface area (Å²) in [6.07, 6.45) is 0.525. The molecule has 1 aromatic carbocycles. The van der Waals surface area contributed by atoms with Gasteiger partial charge in [0.1, 0.15) is 0 Å². The smallest absolute Gasteiger partial charge is 0.255 e. The van der Waals surface area contributed by atoms with Crippen molar-refractivity contribution in [3.63, 3.8) is 0 Å². The number of pyridine rings is 1. The van der Waals surface area contributed by atoms with E-state index in [-0.39, 0.29) is 5.56 Å². The van der Waals surface area contributed by atoms with Crippen molar-refractivity contribution in [1.29, 1.82) is 0 Å². The number of halogens is 1. The average molecular weight is 324 g/mol. The van der Waals surface area contributed by atoms with Gasteiger partial charge in [0.15, 0.2) is 5.75 Å². The Labute approximate surface area is 119 Å². The lowest BCUT2D eigenvalue weighted by atomic mass is 10.1. The first-order chi connectivity index (χ1) is 9.17. The number of ether oxygens (including phenoxy) is 2. The summed E-state index contributed by atoms with van der Waals surface area (Å²) in [5.41, 5.74) is 1.48. The van der Waals surface area contributed by atoms with E-state index in [1.54, 1.807) is 0 Å². The molecule has 0 aliphatic rings. The van der Waals surface area contributed by atoms with Crippen molar-refractivity contribution < 1.29 is 9.47 Å². The van der Waals surface area contributed by atoms with Gasteiger partial charge >= 0.3 is 0 Å². The van der Waals surface area contributed by atoms with Crippen molar-refractivity contribution in [2.24, 2.45) is 0 Å². The minimum atomic E-state index is -0.187. The highest BCUT2D eigenvalue weighted by atomic mass is 79.9. The lowest BCUT2D eigenvalue weighted by Gasteiger charge is -2.12. The zero-order chi connectivity index (χ0) is 13.8. The van der Waals surface area contributed by atoms with Crippen LogP contribution in [0.25, 0.3) is 0 Å². The molecule has 0 bridgehead atoms. The van der Waals surface area contributed by atoms with Gasteiger partial charge in [-0.1, -0.05) is 30.3 Å². The molecule has 4 nitrogen and oxygen atoms in total. The average Bonchev–Trinajstić information content (AvgIpc) is 2.44. The van der Waals surface area contributed by atoms with Crippen molar-refractivity contribution in [3.8, 4) is 11.6 Å². The number of rotatable bonds is 4. The molecule has 2 rings (SSSR count). The molecule has 19 heavy (non-hydrogen) atoms. The van der Waals surface area contributed by atoms with E-state index in [9.17, 15) is 4.79 Å². The first-order valence-electron chi connectivity index (χ1n) is 5.74. The van der Waals surface area contributed by atoms with Crippen molar-refractivity contribution in [1.82, 2.24) is 4.98 Å². The number of aromatic nitrogens is 1. The van der Waals surface area contributed by atoms with Crippen molar-refractivity contribution in [2.75, 3.05) is 14.2 Å². The lowest BCUT2D eigenvalue weighted by Crippen LogP contribution is -2.16. The minimum Gasteiger partial charge on any atom is -0.490 e. The van der Waals surface area contributed by atoms with Crippen LogP contribution in [0.5, 0.6) is 11.6 Å². The van der Waals surface area contributed by atoms with Gasteiger partial charge in [0.2, 0.25) is 5.88 Å².